The number of imidazole rings is 1. The number of urea groups is 1. The second-order valence-electron chi connectivity index (χ2n) is 4.97. The highest BCUT2D eigenvalue weighted by atomic mass is 35.5. The normalized spacial score (nSPS) is 10.5. The van der Waals surface area contributed by atoms with Crippen LogP contribution in [-0.4, -0.2) is 42.2 Å². The summed E-state index contributed by atoms with van der Waals surface area (Å²) in [5.41, 5.74) is 4.19. The molecule has 3 amide bonds. The predicted octanol–water partition coefficient (Wildman–Crippen LogP) is -0.00870. The van der Waals surface area contributed by atoms with Crippen LogP contribution >= 0.6 is 11.6 Å². The molecule has 26 heavy (non-hydrogen) atoms. The molecule has 1 aromatic carbocycles. The van der Waals surface area contributed by atoms with Crippen LogP contribution in [0.4, 0.5) is 10.5 Å². The van der Waals surface area contributed by atoms with Crippen molar-refractivity contribution in [2.75, 3.05) is 11.2 Å². The molecule has 3 aromatic rings. The van der Waals surface area contributed by atoms with Crippen molar-refractivity contribution in [3.05, 3.63) is 52.8 Å². The molecule has 12 heteroatoms. The van der Waals surface area contributed by atoms with Crippen molar-refractivity contribution in [3.8, 4) is 0 Å². The van der Waals surface area contributed by atoms with Gasteiger partial charge in [-0.2, -0.15) is 4.68 Å². The van der Waals surface area contributed by atoms with Gasteiger partial charge >= 0.3 is 11.7 Å². The number of anilines is 1. The van der Waals surface area contributed by atoms with Gasteiger partial charge in [-0.25, -0.2) is 24.4 Å². The van der Waals surface area contributed by atoms with Crippen LogP contribution in [0, 0.1) is 0 Å². The third kappa shape index (κ3) is 3.62. The lowest BCUT2D eigenvalue weighted by Crippen LogP contribution is -2.44. The first-order chi connectivity index (χ1) is 12.6. The third-order valence-electron chi connectivity index (χ3n) is 3.25. The topological polar surface area (TPSA) is 135 Å². The average Bonchev–Trinajstić information content (AvgIpc) is 3.08. The number of para-hydroxylation sites is 1. The van der Waals surface area contributed by atoms with Gasteiger partial charge in [-0.1, -0.05) is 23.4 Å². The summed E-state index contributed by atoms with van der Waals surface area (Å²) in [5, 5.41) is 10.0. The Bertz CT molecular complexity index is 1000. The number of alkyl halides is 1. The van der Waals surface area contributed by atoms with Crippen LogP contribution in [0.15, 0.2) is 41.5 Å². The van der Waals surface area contributed by atoms with E-state index >= 15 is 0 Å². The molecule has 134 valence electrons. The second kappa shape index (κ2) is 7.61. The van der Waals surface area contributed by atoms with E-state index in [1.807, 2.05) is 0 Å². The van der Waals surface area contributed by atoms with Crippen molar-refractivity contribution >= 4 is 34.9 Å². The van der Waals surface area contributed by atoms with Gasteiger partial charge in [0.2, 0.25) is 0 Å². The third-order valence-corrected chi connectivity index (χ3v) is 3.42. The molecule has 3 N–H and O–H groups in total. The highest BCUT2D eigenvalue weighted by Crippen LogP contribution is 2.04. The first-order valence-corrected chi connectivity index (χ1v) is 7.93. The van der Waals surface area contributed by atoms with Crippen molar-refractivity contribution in [2.45, 2.75) is 6.54 Å². The zero-order valence-electron chi connectivity index (χ0n) is 13.2. The number of amides is 3. The van der Waals surface area contributed by atoms with Gasteiger partial charge in [0, 0.05) is 11.6 Å². The van der Waals surface area contributed by atoms with E-state index in [9.17, 15) is 14.4 Å². The molecule has 0 aliphatic heterocycles. The Labute approximate surface area is 150 Å². The van der Waals surface area contributed by atoms with Gasteiger partial charge in [0.1, 0.15) is 6.33 Å². The van der Waals surface area contributed by atoms with E-state index in [1.165, 1.54) is 0 Å². The highest BCUT2D eigenvalue weighted by Gasteiger charge is 2.18. The number of hydrogen-bond acceptors (Lipinski definition) is 6. The minimum absolute atomic E-state index is 0.0383. The molecule has 2 heterocycles. The van der Waals surface area contributed by atoms with Gasteiger partial charge in [0.15, 0.2) is 11.3 Å². The molecule has 0 aliphatic carbocycles. The lowest BCUT2D eigenvalue weighted by molar-refractivity contribution is 0.0935. The van der Waals surface area contributed by atoms with Crippen LogP contribution in [-0.2, 0) is 6.54 Å². The lowest BCUT2D eigenvalue weighted by Gasteiger charge is -2.08. The summed E-state index contributed by atoms with van der Waals surface area (Å²) < 4.78 is 2.12. The van der Waals surface area contributed by atoms with Crippen LogP contribution in [0.5, 0.6) is 0 Å². The molecule has 0 fully saturated rings. The number of aromatic nitrogens is 5. The quantitative estimate of drug-likeness (QED) is 0.433. The van der Waals surface area contributed by atoms with Crippen LogP contribution in [0.3, 0.4) is 0 Å². The Morgan fingerprint density at radius 3 is 2.65 bits per heavy atom. The van der Waals surface area contributed by atoms with Gasteiger partial charge in [-0.3, -0.25) is 10.2 Å². The maximum Gasteiger partial charge on any atom is 0.353 e. The average molecular weight is 377 g/mol. The van der Waals surface area contributed by atoms with Gasteiger partial charge < -0.3 is 5.32 Å². The van der Waals surface area contributed by atoms with E-state index in [1.54, 1.807) is 30.3 Å². The van der Waals surface area contributed by atoms with Crippen LogP contribution in [0.25, 0.3) is 5.65 Å². The summed E-state index contributed by atoms with van der Waals surface area (Å²) in [7, 11) is 0. The zero-order valence-corrected chi connectivity index (χ0v) is 14.0. The van der Waals surface area contributed by atoms with Crippen LogP contribution in [0.1, 0.15) is 10.5 Å². The molecule has 0 radical (unpaired) electrons. The Kier molecular flexibility index (Phi) is 5.08. The number of carbonyl (C=O) groups excluding carboxylic acids is 2. The van der Waals surface area contributed by atoms with E-state index in [0.717, 1.165) is 15.4 Å². The Hall–Kier alpha value is -3.47. The fourth-order valence-corrected chi connectivity index (χ4v) is 2.23. The first-order valence-electron chi connectivity index (χ1n) is 7.39. The molecule has 0 saturated carbocycles. The molecule has 0 saturated heterocycles. The van der Waals surface area contributed by atoms with Crippen LogP contribution < -0.4 is 21.9 Å². The smallest absolute Gasteiger partial charge is 0.307 e. The summed E-state index contributed by atoms with van der Waals surface area (Å²) in [6.45, 7) is 0.171. The summed E-state index contributed by atoms with van der Waals surface area (Å²) in [6, 6.07) is 8.03. The molecule has 0 atom stereocenters. The minimum Gasteiger partial charge on any atom is -0.307 e. The number of benzene rings is 1. The molecule has 0 aliphatic rings. The molecule has 11 nitrogen and oxygen atoms in total. The monoisotopic (exact) mass is 376 g/mol. The molecular weight excluding hydrogens is 364 g/mol. The van der Waals surface area contributed by atoms with Crippen molar-refractivity contribution in [2.24, 2.45) is 0 Å². The molecule has 0 bridgehead atoms. The Balaban J connectivity index is 1.69. The Morgan fingerprint density at radius 2 is 1.92 bits per heavy atom. The maximum atomic E-state index is 12.2. The minimum atomic E-state index is -0.750. The van der Waals surface area contributed by atoms with E-state index in [2.05, 4.69) is 31.5 Å². The van der Waals surface area contributed by atoms with Gasteiger partial charge in [0.25, 0.3) is 5.91 Å². The standard InChI is InChI=1S/C14H13ClN8O3/c15-6-7-23-14(26)22-8-16-10(11(22)18-21-23)12(24)19-20-13(25)17-9-4-2-1-3-5-9/h1-5,8H,6-7H2,(H,19,24)(H2,17,20,25). The number of fused-ring (bicyclic) bond motifs is 1. The van der Waals surface area contributed by atoms with E-state index < -0.39 is 17.6 Å². The van der Waals surface area contributed by atoms with E-state index in [0.29, 0.717) is 5.69 Å². The van der Waals surface area contributed by atoms with Crippen molar-refractivity contribution in [1.29, 1.82) is 0 Å². The number of aryl methyl sites for hydroxylation is 1. The van der Waals surface area contributed by atoms with E-state index in [4.69, 9.17) is 11.6 Å². The zero-order chi connectivity index (χ0) is 18.5. The number of hydrogen-bond donors (Lipinski definition) is 3. The summed E-state index contributed by atoms with van der Waals surface area (Å²) in [6.07, 6.45) is 1.15. The van der Waals surface area contributed by atoms with Crippen molar-refractivity contribution < 1.29 is 9.59 Å². The van der Waals surface area contributed by atoms with Crippen molar-refractivity contribution in [1.82, 2.24) is 35.2 Å². The van der Waals surface area contributed by atoms with E-state index in [-0.39, 0.29) is 23.8 Å². The highest BCUT2D eigenvalue weighted by molar-refractivity contribution is 6.17. The second-order valence-corrected chi connectivity index (χ2v) is 5.35. The largest absolute Gasteiger partial charge is 0.353 e. The molecular formula is C14H13ClN8O3. The molecule has 3 rings (SSSR count). The van der Waals surface area contributed by atoms with Gasteiger partial charge in [-0.05, 0) is 12.1 Å². The fourth-order valence-electron chi connectivity index (χ4n) is 2.07. The maximum absolute atomic E-state index is 12.2. The van der Waals surface area contributed by atoms with Crippen LogP contribution in [0.2, 0.25) is 0 Å². The summed E-state index contributed by atoms with van der Waals surface area (Å²) >= 11 is 5.58. The van der Waals surface area contributed by atoms with Gasteiger partial charge in [0.05, 0.1) is 6.54 Å². The summed E-state index contributed by atoms with van der Waals surface area (Å²) in [4.78, 5) is 39.9. The molecule has 0 unspecified atom stereocenters. The number of halogens is 1. The Morgan fingerprint density at radius 1 is 1.15 bits per heavy atom. The first kappa shape index (κ1) is 17.4. The SMILES string of the molecule is O=C(NNC(=O)c1ncn2c(=O)n(CCCl)nnc12)Nc1ccccc1. The summed E-state index contributed by atoms with van der Waals surface area (Å²) in [5.74, 6) is -0.567. The fraction of sp³-hybridized carbons (Fsp3) is 0.143. The predicted molar refractivity (Wildman–Crippen MR) is 91.8 cm³/mol. The number of hydrazine groups is 1. The lowest BCUT2D eigenvalue weighted by atomic mass is 10.3. The molecule has 2 aromatic heterocycles. The molecule has 0 spiro atoms. The van der Waals surface area contributed by atoms with Crippen molar-refractivity contribution in [3.63, 3.8) is 0 Å². The van der Waals surface area contributed by atoms with Gasteiger partial charge in [-0.15, -0.1) is 16.7 Å². The number of nitrogens with one attached hydrogen (secondary N) is 3. The number of carbonyl (C=O) groups is 2. The number of nitrogens with zero attached hydrogens (tertiary/aromatic N) is 5. The number of rotatable bonds is 4.